The van der Waals surface area contributed by atoms with E-state index < -0.39 is 5.60 Å². The molecule has 0 radical (unpaired) electrons. The van der Waals surface area contributed by atoms with Crippen molar-refractivity contribution in [2.75, 3.05) is 31.2 Å². The fourth-order valence-corrected chi connectivity index (χ4v) is 6.40. The van der Waals surface area contributed by atoms with Crippen molar-refractivity contribution in [1.29, 1.82) is 0 Å². The van der Waals surface area contributed by atoms with Crippen LogP contribution in [0.15, 0.2) is 36.4 Å². The number of nitrogens with zero attached hydrogens (tertiary/aromatic N) is 1. The summed E-state index contributed by atoms with van der Waals surface area (Å²) in [6.45, 7) is 10.2. The lowest BCUT2D eigenvalue weighted by Crippen LogP contribution is -2.51. The largest absolute Gasteiger partial charge is 0.490 e. The molecule has 2 aromatic rings. The number of carbonyl (C=O) groups excluding carboxylic acids is 1. The van der Waals surface area contributed by atoms with E-state index >= 15 is 0 Å². The van der Waals surface area contributed by atoms with Gasteiger partial charge in [0, 0.05) is 30.1 Å². The van der Waals surface area contributed by atoms with Crippen LogP contribution in [0.1, 0.15) is 74.9 Å². The van der Waals surface area contributed by atoms with Gasteiger partial charge >= 0.3 is 5.97 Å². The summed E-state index contributed by atoms with van der Waals surface area (Å²) in [5, 5.41) is 10.9. The van der Waals surface area contributed by atoms with Gasteiger partial charge in [0.05, 0.1) is 17.9 Å². The number of rotatable bonds is 4. The molecule has 0 amide bonds. The zero-order chi connectivity index (χ0) is 25.7. The van der Waals surface area contributed by atoms with Crippen molar-refractivity contribution < 1.29 is 19.4 Å². The van der Waals surface area contributed by atoms with Crippen LogP contribution in [-0.4, -0.2) is 43.0 Å². The molecule has 194 valence electrons. The number of hydrogen-bond donors (Lipinski definition) is 1. The minimum Gasteiger partial charge on any atom is -0.490 e. The van der Waals surface area contributed by atoms with Gasteiger partial charge in [-0.3, -0.25) is 0 Å². The molecule has 0 bridgehead atoms. The Hall–Kier alpha value is -2.24. The number of esters is 1. The highest BCUT2D eigenvalue weighted by molar-refractivity contribution is 6.30. The van der Waals surface area contributed by atoms with Crippen molar-refractivity contribution in [3.8, 4) is 5.75 Å². The van der Waals surface area contributed by atoms with Crippen molar-refractivity contribution in [3.63, 3.8) is 0 Å². The molecule has 5 rings (SSSR count). The minimum absolute atomic E-state index is 0.0682. The molecule has 1 spiro atoms. The summed E-state index contributed by atoms with van der Waals surface area (Å²) in [6, 6.07) is 11.9. The number of benzene rings is 2. The van der Waals surface area contributed by atoms with Crippen molar-refractivity contribution in [2.24, 2.45) is 11.3 Å². The maximum atomic E-state index is 12.9. The molecule has 1 saturated carbocycles. The first-order valence-corrected chi connectivity index (χ1v) is 13.5. The van der Waals surface area contributed by atoms with E-state index in [2.05, 4.69) is 24.0 Å². The van der Waals surface area contributed by atoms with Gasteiger partial charge in [-0.2, -0.15) is 0 Å². The van der Waals surface area contributed by atoms with E-state index in [4.69, 9.17) is 21.1 Å². The number of aryl methyl sites for hydroxylation is 1. The Labute approximate surface area is 219 Å². The van der Waals surface area contributed by atoms with E-state index in [0.717, 1.165) is 61.7 Å². The second-order valence-electron chi connectivity index (χ2n) is 12.3. The van der Waals surface area contributed by atoms with Crippen LogP contribution in [-0.2, 0) is 16.6 Å². The molecule has 6 heteroatoms. The SMILES string of the molecule is CC(C)(C)OC(=O)c1ccc2c(c1)N(C[C@@H]1CC[C@]1(C)CO)CC1(CCCc3cc(Cl)ccc31)CO2. The molecule has 1 aliphatic heterocycles. The minimum atomic E-state index is -0.563. The highest BCUT2D eigenvalue weighted by Gasteiger charge is 2.46. The van der Waals surface area contributed by atoms with Crippen LogP contribution in [0.5, 0.6) is 5.75 Å². The molecule has 0 aromatic heterocycles. The molecule has 0 saturated heterocycles. The third kappa shape index (κ3) is 4.72. The number of hydrogen-bond acceptors (Lipinski definition) is 5. The van der Waals surface area contributed by atoms with Gasteiger partial charge in [-0.1, -0.05) is 24.6 Å². The summed E-state index contributed by atoms with van der Waals surface area (Å²) in [4.78, 5) is 15.4. The van der Waals surface area contributed by atoms with E-state index in [-0.39, 0.29) is 23.4 Å². The van der Waals surface area contributed by atoms with Crippen LogP contribution in [0.25, 0.3) is 0 Å². The molecule has 36 heavy (non-hydrogen) atoms. The number of halogens is 1. The molecule has 2 aromatic carbocycles. The summed E-state index contributed by atoms with van der Waals surface area (Å²) in [5.41, 5.74) is 3.30. The van der Waals surface area contributed by atoms with Gasteiger partial charge in [-0.05, 0) is 106 Å². The quantitative estimate of drug-likeness (QED) is 0.497. The zero-order valence-corrected chi connectivity index (χ0v) is 22.7. The molecule has 1 fully saturated rings. The van der Waals surface area contributed by atoms with Crippen LogP contribution in [0.3, 0.4) is 0 Å². The maximum Gasteiger partial charge on any atom is 0.338 e. The Bertz CT molecular complexity index is 1150. The van der Waals surface area contributed by atoms with Crippen molar-refractivity contribution in [1.82, 2.24) is 0 Å². The van der Waals surface area contributed by atoms with E-state index in [1.54, 1.807) is 6.07 Å². The van der Waals surface area contributed by atoms with Crippen molar-refractivity contribution >= 4 is 23.3 Å². The van der Waals surface area contributed by atoms with Crippen LogP contribution in [0.2, 0.25) is 5.02 Å². The van der Waals surface area contributed by atoms with Crippen LogP contribution in [0.4, 0.5) is 5.69 Å². The van der Waals surface area contributed by atoms with Crippen LogP contribution in [0, 0.1) is 11.3 Å². The van der Waals surface area contributed by atoms with Crippen molar-refractivity contribution in [3.05, 3.63) is 58.1 Å². The van der Waals surface area contributed by atoms with Gasteiger partial charge in [-0.15, -0.1) is 0 Å². The summed E-state index contributed by atoms with van der Waals surface area (Å²) >= 11 is 6.36. The van der Waals surface area contributed by atoms with E-state index in [0.29, 0.717) is 18.1 Å². The van der Waals surface area contributed by atoms with Crippen molar-refractivity contribution in [2.45, 2.75) is 70.8 Å². The van der Waals surface area contributed by atoms with E-state index in [1.165, 1.54) is 11.1 Å². The average Bonchev–Trinajstić information content (AvgIpc) is 2.97. The fraction of sp³-hybridized carbons (Fsp3) is 0.567. The maximum absolute atomic E-state index is 12.9. The Morgan fingerprint density at radius 1 is 1.22 bits per heavy atom. The Kier molecular flexibility index (Phi) is 6.53. The smallest absolute Gasteiger partial charge is 0.338 e. The molecule has 5 nitrogen and oxygen atoms in total. The number of fused-ring (bicyclic) bond motifs is 3. The molecular formula is C30H38ClNO4. The summed E-state index contributed by atoms with van der Waals surface area (Å²) in [7, 11) is 0. The Morgan fingerprint density at radius 3 is 2.72 bits per heavy atom. The topological polar surface area (TPSA) is 59.0 Å². The highest BCUT2D eigenvalue weighted by Crippen LogP contribution is 2.49. The van der Waals surface area contributed by atoms with Crippen LogP contribution >= 0.6 is 11.6 Å². The van der Waals surface area contributed by atoms with E-state index in [1.807, 2.05) is 39.0 Å². The first kappa shape index (κ1) is 25.4. The normalized spacial score (nSPS) is 27.4. The van der Waals surface area contributed by atoms with Crippen LogP contribution < -0.4 is 9.64 Å². The number of aliphatic hydroxyl groups excluding tert-OH is 1. The summed E-state index contributed by atoms with van der Waals surface area (Å²) < 4.78 is 12.2. The van der Waals surface area contributed by atoms with E-state index in [9.17, 15) is 9.90 Å². The summed E-state index contributed by atoms with van der Waals surface area (Å²) in [6.07, 6.45) is 5.28. The molecule has 2 aliphatic carbocycles. The molecular weight excluding hydrogens is 474 g/mol. The molecule has 1 unspecified atom stereocenters. The average molecular weight is 512 g/mol. The number of ether oxygens (including phenoxy) is 2. The lowest BCUT2D eigenvalue weighted by Gasteiger charge is -2.49. The number of aliphatic hydroxyl groups is 1. The van der Waals surface area contributed by atoms with Gasteiger partial charge in [0.25, 0.3) is 0 Å². The predicted molar refractivity (Wildman–Crippen MR) is 143 cm³/mol. The monoisotopic (exact) mass is 511 g/mol. The fourth-order valence-electron chi connectivity index (χ4n) is 6.21. The lowest BCUT2D eigenvalue weighted by molar-refractivity contribution is -0.00581. The standard InChI is InChI=1S/C30H38ClNO4/c1-28(2,3)36-27(34)21-7-10-26-25(15-21)32(16-22-11-13-29(22,4)18-33)17-30(19-35-26)12-5-6-20-14-23(31)8-9-24(20)30/h7-10,14-15,22,33H,5-6,11-13,16-19H2,1-4H3/t22-,29+,30?/m0/s1. The molecule has 3 aliphatic rings. The van der Waals surface area contributed by atoms with Gasteiger partial charge in [-0.25, -0.2) is 4.79 Å². The third-order valence-electron chi connectivity index (χ3n) is 8.52. The number of carbonyl (C=O) groups is 1. The second-order valence-corrected chi connectivity index (χ2v) is 12.8. The number of anilines is 1. The van der Waals surface area contributed by atoms with Gasteiger partial charge in [0.2, 0.25) is 0 Å². The van der Waals surface area contributed by atoms with Gasteiger partial charge < -0.3 is 19.5 Å². The lowest BCUT2D eigenvalue weighted by atomic mass is 9.61. The first-order chi connectivity index (χ1) is 17.0. The highest BCUT2D eigenvalue weighted by atomic mass is 35.5. The van der Waals surface area contributed by atoms with Gasteiger partial charge in [0.1, 0.15) is 11.4 Å². The molecule has 1 heterocycles. The Balaban J connectivity index is 1.54. The first-order valence-electron chi connectivity index (χ1n) is 13.2. The predicted octanol–water partition coefficient (Wildman–Crippen LogP) is 6.18. The second kappa shape index (κ2) is 9.25. The molecule has 1 N–H and O–H groups in total. The van der Waals surface area contributed by atoms with Gasteiger partial charge in [0.15, 0.2) is 0 Å². The Morgan fingerprint density at radius 2 is 2.03 bits per heavy atom. The summed E-state index contributed by atoms with van der Waals surface area (Å²) in [5.74, 6) is 0.847. The zero-order valence-electron chi connectivity index (χ0n) is 21.9. The molecule has 3 atom stereocenters. The third-order valence-corrected chi connectivity index (χ3v) is 8.76.